The first-order chi connectivity index (χ1) is 17.8. The third-order valence-corrected chi connectivity index (χ3v) is 8.97. The number of nitrogens with zero attached hydrogens (tertiary/aromatic N) is 2. The number of phenols is 1. The van der Waals surface area contributed by atoms with Crippen molar-refractivity contribution in [2.75, 3.05) is 14.1 Å². The molecule has 1 heterocycles. The SMILES string of the molecule is CC[C@@H](C)N1Cc2c(O)c3c(c(F)c2C1)CC1C[C@H]2[C@H](N(C)C)C(O)=C(C(N)=O)C(=O)[C@@]2(O)C(O)=C1C3=O. The average molecular weight is 530 g/mol. The molecule has 6 N–H and O–H groups in total. The van der Waals surface area contributed by atoms with Crippen LogP contribution in [0.2, 0.25) is 0 Å². The summed E-state index contributed by atoms with van der Waals surface area (Å²) in [6.07, 6.45) is 0.666. The second-order valence-corrected chi connectivity index (χ2v) is 11.1. The van der Waals surface area contributed by atoms with Crippen molar-refractivity contribution >= 4 is 17.5 Å². The summed E-state index contributed by atoms with van der Waals surface area (Å²) in [5.74, 6) is -7.97. The summed E-state index contributed by atoms with van der Waals surface area (Å²) in [6, 6.07) is -0.975. The number of phenolic OH excluding ortho intramolecular Hbond substituents is 1. The maximum atomic E-state index is 15.9. The molecule has 5 atom stereocenters. The maximum absolute atomic E-state index is 15.9. The molecule has 1 aromatic rings. The molecule has 10 nitrogen and oxygen atoms in total. The lowest BCUT2D eigenvalue weighted by Gasteiger charge is -2.50. The van der Waals surface area contributed by atoms with E-state index in [1.165, 1.54) is 4.90 Å². The molecule has 204 valence electrons. The van der Waals surface area contributed by atoms with Gasteiger partial charge in [0.25, 0.3) is 5.91 Å². The van der Waals surface area contributed by atoms with Crippen molar-refractivity contribution < 1.29 is 39.2 Å². The minimum Gasteiger partial charge on any atom is -0.510 e. The Bertz CT molecular complexity index is 1370. The van der Waals surface area contributed by atoms with Gasteiger partial charge < -0.3 is 26.2 Å². The van der Waals surface area contributed by atoms with E-state index in [9.17, 15) is 34.8 Å². The number of aliphatic hydroxyl groups excluding tert-OH is 2. The van der Waals surface area contributed by atoms with E-state index in [0.717, 1.165) is 6.42 Å². The van der Waals surface area contributed by atoms with Crippen molar-refractivity contribution in [2.45, 2.75) is 63.9 Å². The summed E-state index contributed by atoms with van der Waals surface area (Å²) in [6.45, 7) is 4.54. The van der Waals surface area contributed by atoms with Gasteiger partial charge in [0.1, 0.15) is 28.7 Å². The highest BCUT2D eigenvalue weighted by Gasteiger charge is 2.63. The first-order valence-electron chi connectivity index (χ1n) is 12.7. The van der Waals surface area contributed by atoms with Crippen LogP contribution in [0.1, 0.15) is 53.7 Å². The Morgan fingerprint density at radius 3 is 2.39 bits per heavy atom. The fraction of sp³-hybridized carbons (Fsp3) is 0.519. The largest absolute Gasteiger partial charge is 0.510 e. The van der Waals surface area contributed by atoms with Crippen LogP contribution in [0.15, 0.2) is 22.7 Å². The fourth-order valence-corrected chi connectivity index (χ4v) is 6.81. The number of benzene rings is 1. The van der Waals surface area contributed by atoms with Gasteiger partial charge in [0.05, 0.1) is 11.6 Å². The number of fused-ring (bicyclic) bond motifs is 4. The van der Waals surface area contributed by atoms with Crippen molar-refractivity contribution in [3.8, 4) is 5.75 Å². The smallest absolute Gasteiger partial charge is 0.255 e. The van der Waals surface area contributed by atoms with Crippen LogP contribution in [0, 0.1) is 17.7 Å². The van der Waals surface area contributed by atoms with Crippen LogP contribution in [-0.2, 0) is 29.1 Å². The summed E-state index contributed by atoms with van der Waals surface area (Å²) >= 11 is 0. The van der Waals surface area contributed by atoms with Crippen LogP contribution >= 0.6 is 0 Å². The lowest BCUT2D eigenvalue weighted by atomic mass is 9.58. The Morgan fingerprint density at radius 1 is 1.18 bits per heavy atom. The van der Waals surface area contributed by atoms with Gasteiger partial charge in [-0.3, -0.25) is 24.2 Å². The molecule has 0 saturated heterocycles. The third kappa shape index (κ3) is 3.25. The Kier molecular flexibility index (Phi) is 5.97. The third-order valence-electron chi connectivity index (χ3n) is 8.97. The lowest BCUT2D eigenvalue weighted by Crippen LogP contribution is -2.63. The number of aromatic hydroxyl groups is 1. The fourth-order valence-electron chi connectivity index (χ4n) is 6.81. The van der Waals surface area contributed by atoms with Gasteiger partial charge in [-0.2, -0.15) is 0 Å². The number of amides is 1. The minimum atomic E-state index is -2.72. The number of carbonyl (C=O) groups excluding carboxylic acids is 3. The monoisotopic (exact) mass is 529 g/mol. The average Bonchev–Trinajstić information content (AvgIpc) is 3.30. The van der Waals surface area contributed by atoms with Gasteiger partial charge >= 0.3 is 0 Å². The second-order valence-electron chi connectivity index (χ2n) is 11.1. The predicted molar refractivity (Wildman–Crippen MR) is 133 cm³/mol. The van der Waals surface area contributed by atoms with Crippen LogP contribution in [0.25, 0.3) is 0 Å². The normalized spacial score (nSPS) is 29.8. The molecule has 0 radical (unpaired) electrons. The van der Waals surface area contributed by atoms with Crippen molar-refractivity contribution in [3.63, 3.8) is 0 Å². The van der Waals surface area contributed by atoms with Crippen molar-refractivity contribution in [1.29, 1.82) is 0 Å². The number of allylic oxidation sites excluding steroid dienone is 1. The van der Waals surface area contributed by atoms with Crippen molar-refractivity contribution in [3.05, 3.63) is 50.7 Å². The zero-order chi connectivity index (χ0) is 28.0. The molecule has 1 aromatic carbocycles. The van der Waals surface area contributed by atoms with E-state index < -0.39 is 63.9 Å². The molecule has 1 aliphatic heterocycles. The summed E-state index contributed by atoms with van der Waals surface area (Å²) in [5, 5.41) is 45.0. The summed E-state index contributed by atoms with van der Waals surface area (Å²) in [5.41, 5.74) is 1.86. The molecule has 11 heteroatoms. The van der Waals surface area contributed by atoms with Crippen molar-refractivity contribution in [2.24, 2.45) is 17.6 Å². The molecule has 0 aromatic heterocycles. The number of carbonyl (C=O) groups is 3. The van der Waals surface area contributed by atoms with E-state index in [-0.39, 0.29) is 54.4 Å². The van der Waals surface area contributed by atoms with Crippen LogP contribution in [-0.4, -0.2) is 79.5 Å². The molecule has 0 bridgehead atoms. The number of aliphatic hydroxyl groups is 3. The number of likely N-dealkylation sites (N-methyl/N-ethyl adjacent to an activating group) is 1. The predicted octanol–water partition coefficient (Wildman–Crippen LogP) is 1.37. The van der Waals surface area contributed by atoms with Crippen LogP contribution < -0.4 is 5.73 Å². The summed E-state index contributed by atoms with van der Waals surface area (Å²) in [7, 11) is 3.11. The zero-order valence-corrected chi connectivity index (χ0v) is 21.7. The number of rotatable bonds is 4. The van der Waals surface area contributed by atoms with Gasteiger partial charge in [-0.25, -0.2) is 4.39 Å². The molecular formula is C27H32FN3O7. The number of Topliss-reactive ketones (excluding diaryl/α,β-unsaturated/α-hetero) is 2. The Hall–Kier alpha value is -3.28. The Labute approximate surface area is 218 Å². The van der Waals surface area contributed by atoms with Gasteiger partial charge in [0.2, 0.25) is 5.78 Å². The van der Waals surface area contributed by atoms with Gasteiger partial charge in [0.15, 0.2) is 11.4 Å². The molecule has 0 fully saturated rings. The molecular weight excluding hydrogens is 497 g/mol. The molecule has 1 unspecified atom stereocenters. The molecule has 38 heavy (non-hydrogen) atoms. The van der Waals surface area contributed by atoms with Gasteiger partial charge in [0, 0.05) is 47.3 Å². The highest BCUT2D eigenvalue weighted by atomic mass is 19.1. The van der Waals surface area contributed by atoms with Crippen LogP contribution in [0.5, 0.6) is 5.75 Å². The lowest BCUT2D eigenvalue weighted by molar-refractivity contribution is -0.148. The minimum absolute atomic E-state index is 0.0327. The number of primary amides is 1. The first kappa shape index (κ1) is 26.3. The van der Waals surface area contributed by atoms with E-state index in [0.29, 0.717) is 11.1 Å². The molecule has 3 aliphatic carbocycles. The zero-order valence-electron chi connectivity index (χ0n) is 21.7. The van der Waals surface area contributed by atoms with Crippen LogP contribution in [0.4, 0.5) is 4.39 Å². The molecule has 1 amide bonds. The maximum Gasteiger partial charge on any atom is 0.255 e. The number of hydrogen-bond acceptors (Lipinski definition) is 9. The van der Waals surface area contributed by atoms with E-state index >= 15 is 4.39 Å². The Balaban J connectivity index is 1.68. The topological polar surface area (TPSA) is 165 Å². The molecule has 0 spiro atoms. The highest BCUT2D eigenvalue weighted by molar-refractivity contribution is 6.24. The van der Waals surface area contributed by atoms with E-state index in [4.69, 9.17) is 5.73 Å². The number of hydrogen-bond donors (Lipinski definition) is 5. The summed E-state index contributed by atoms with van der Waals surface area (Å²) in [4.78, 5) is 42.7. The Morgan fingerprint density at radius 2 is 1.82 bits per heavy atom. The van der Waals surface area contributed by atoms with Gasteiger partial charge in [-0.15, -0.1) is 0 Å². The first-order valence-corrected chi connectivity index (χ1v) is 12.7. The summed E-state index contributed by atoms with van der Waals surface area (Å²) < 4.78 is 15.9. The second kappa shape index (κ2) is 8.62. The van der Waals surface area contributed by atoms with Gasteiger partial charge in [-0.05, 0) is 46.2 Å². The quantitative estimate of drug-likeness (QED) is 0.362. The van der Waals surface area contributed by atoms with Crippen LogP contribution in [0.3, 0.4) is 0 Å². The van der Waals surface area contributed by atoms with E-state index in [2.05, 4.69) is 0 Å². The highest BCUT2D eigenvalue weighted by Crippen LogP contribution is 2.53. The van der Waals surface area contributed by atoms with Gasteiger partial charge in [-0.1, -0.05) is 6.92 Å². The molecule has 5 rings (SSSR count). The molecule has 4 aliphatic rings. The number of ketones is 2. The standard InChI is InChI=1S/C27H32FN3O7/c1-5-10(2)31-8-13-14(9-31)21(32)17-12(19(13)28)6-11-7-15-20(30(3)4)23(34)18(26(29)37)25(36)27(15,38)24(35)16(11)22(17)33/h10-11,15,20,32,34-35,38H,5-9H2,1-4H3,(H2,29,37)/t10-,11?,15+,20+,27+/m1/s1. The number of halogens is 1. The van der Waals surface area contributed by atoms with E-state index in [1.54, 1.807) is 14.1 Å². The number of nitrogens with two attached hydrogens (primary N) is 1. The van der Waals surface area contributed by atoms with Crippen molar-refractivity contribution in [1.82, 2.24) is 9.80 Å². The van der Waals surface area contributed by atoms with E-state index in [1.807, 2.05) is 18.7 Å². The molecule has 0 saturated carbocycles.